The molecule has 0 saturated heterocycles. The standard InChI is InChI=1S/C26H30FN3O3/c27-21-14-17(8-12-20(21)25-29-22-4-2-1-3-5-23(22)30-25)18-9-13-24(28-15-18)33-19-10-6-16(7-11-19)26(31)32/h8-9,12-16,19,22-23H,1-7,10-11H2,(H,29,30)(H,31,32). The summed E-state index contributed by atoms with van der Waals surface area (Å²) in [7, 11) is 0. The van der Waals surface area contributed by atoms with Crippen molar-refractivity contribution in [2.24, 2.45) is 10.9 Å². The minimum absolute atomic E-state index is 0.0108. The molecule has 2 aliphatic carbocycles. The van der Waals surface area contributed by atoms with Crippen molar-refractivity contribution in [3.8, 4) is 17.0 Å². The Kier molecular flexibility index (Phi) is 6.29. The molecule has 3 aliphatic rings. The maximum absolute atomic E-state index is 15.0. The van der Waals surface area contributed by atoms with Gasteiger partial charge in [-0.2, -0.15) is 0 Å². The molecule has 174 valence electrons. The van der Waals surface area contributed by atoms with Gasteiger partial charge in [-0.05, 0) is 62.3 Å². The van der Waals surface area contributed by atoms with E-state index in [0.717, 1.165) is 24.0 Å². The monoisotopic (exact) mass is 451 g/mol. The fourth-order valence-corrected chi connectivity index (χ4v) is 5.24. The van der Waals surface area contributed by atoms with Crippen LogP contribution in [0.25, 0.3) is 11.1 Å². The third-order valence-electron chi connectivity index (χ3n) is 7.20. The van der Waals surface area contributed by atoms with Crippen LogP contribution in [0.15, 0.2) is 41.5 Å². The zero-order valence-electron chi connectivity index (χ0n) is 18.7. The molecule has 2 fully saturated rings. The van der Waals surface area contributed by atoms with E-state index >= 15 is 4.39 Å². The first kappa shape index (κ1) is 21.9. The number of halogens is 1. The van der Waals surface area contributed by atoms with E-state index in [2.05, 4.69) is 10.3 Å². The lowest BCUT2D eigenvalue weighted by molar-refractivity contribution is -0.143. The molecular weight excluding hydrogens is 421 g/mol. The molecule has 1 aromatic carbocycles. The molecule has 2 unspecified atom stereocenters. The summed E-state index contributed by atoms with van der Waals surface area (Å²) in [5.41, 5.74) is 2.09. The number of carboxylic acids is 1. The first-order chi connectivity index (χ1) is 16.1. The lowest BCUT2D eigenvalue weighted by Gasteiger charge is -2.26. The Morgan fingerprint density at radius 2 is 1.79 bits per heavy atom. The zero-order valence-corrected chi connectivity index (χ0v) is 18.7. The number of benzene rings is 1. The van der Waals surface area contributed by atoms with Crippen LogP contribution in [-0.2, 0) is 4.79 Å². The smallest absolute Gasteiger partial charge is 0.306 e. The van der Waals surface area contributed by atoms with Crippen molar-refractivity contribution < 1.29 is 19.0 Å². The van der Waals surface area contributed by atoms with Crippen molar-refractivity contribution in [3.05, 3.63) is 47.9 Å². The summed E-state index contributed by atoms with van der Waals surface area (Å²) >= 11 is 0. The molecule has 2 N–H and O–H groups in total. The van der Waals surface area contributed by atoms with E-state index < -0.39 is 5.97 Å². The van der Waals surface area contributed by atoms with Crippen LogP contribution in [0, 0.1) is 11.7 Å². The molecular formula is C26H30FN3O3. The van der Waals surface area contributed by atoms with Gasteiger partial charge in [0.1, 0.15) is 17.8 Å². The number of carboxylic acid groups (broad SMARTS) is 1. The van der Waals surface area contributed by atoms with E-state index in [1.807, 2.05) is 12.1 Å². The number of pyridine rings is 1. The van der Waals surface area contributed by atoms with E-state index in [0.29, 0.717) is 49.0 Å². The van der Waals surface area contributed by atoms with Crippen LogP contribution in [-0.4, -0.2) is 40.1 Å². The van der Waals surface area contributed by atoms with Crippen LogP contribution in [0.4, 0.5) is 4.39 Å². The second-order valence-corrected chi connectivity index (χ2v) is 9.44. The fraction of sp³-hybridized carbons (Fsp3) is 0.500. The lowest BCUT2D eigenvalue weighted by atomic mass is 9.87. The average Bonchev–Trinajstić information content (AvgIpc) is 3.09. The van der Waals surface area contributed by atoms with Gasteiger partial charge >= 0.3 is 5.97 Å². The van der Waals surface area contributed by atoms with Crippen molar-refractivity contribution in [2.45, 2.75) is 76.0 Å². The molecule has 1 aliphatic heterocycles. The number of hydrogen-bond acceptors (Lipinski definition) is 5. The molecule has 0 bridgehead atoms. The number of carbonyl (C=O) groups is 1. The molecule has 0 spiro atoms. The number of aromatic nitrogens is 1. The summed E-state index contributed by atoms with van der Waals surface area (Å²) in [6.45, 7) is 0. The molecule has 0 radical (unpaired) electrons. The van der Waals surface area contributed by atoms with E-state index in [1.54, 1.807) is 24.4 Å². The molecule has 5 rings (SSSR count). The Balaban J connectivity index is 1.23. The van der Waals surface area contributed by atoms with Crippen LogP contribution in [0.3, 0.4) is 0 Å². The van der Waals surface area contributed by atoms with Crippen LogP contribution in [0.1, 0.15) is 63.4 Å². The summed E-state index contributed by atoms with van der Waals surface area (Å²) < 4.78 is 21.0. The zero-order chi connectivity index (χ0) is 22.8. The van der Waals surface area contributed by atoms with Gasteiger partial charge in [0.15, 0.2) is 0 Å². The maximum atomic E-state index is 15.0. The topological polar surface area (TPSA) is 83.8 Å². The number of nitrogens with one attached hydrogen (secondary N) is 1. The van der Waals surface area contributed by atoms with Crippen molar-refractivity contribution in [1.29, 1.82) is 0 Å². The Morgan fingerprint density at radius 3 is 2.52 bits per heavy atom. The number of amidine groups is 1. The SMILES string of the molecule is O=C(O)C1CCC(Oc2ccc(-c3ccc(C4=NC5CCCCCC5N4)c(F)c3)cn2)CC1. The quantitative estimate of drug-likeness (QED) is 0.671. The number of hydrogen-bond donors (Lipinski definition) is 2. The first-order valence-electron chi connectivity index (χ1n) is 12.1. The molecule has 2 atom stereocenters. The second-order valence-electron chi connectivity index (χ2n) is 9.44. The molecule has 1 aromatic heterocycles. The highest BCUT2D eigenvalue weighted by Gasteiger charge is 2.31. The number of aliphatic imine (C=N–C) groups is 1. The normalized spacial score (nSPS) is 27.1. The van der Waals surface area contributed by atoms with Gasteiger partial charge in [-0.3, -0.25) is 9.79 Å². The molecule has 33 heavy (non-hydrogen) atoms. The predicted molar refractivity (Wildman–Crippen MR) is 124 cm³/mol. The van der Waals surface area contributed by atoms with Gasteiger partial charge in [0.2, 0.25) is 5.88 Å². The van der Waals surface area contributed by atoms with Gasteiger partial charge in [0.05, 0.1) is 17.5 Å². The van der Waals surface area contributed by atoms with E-state index in [4.69, 9.17) is 14.8 Å². The highest BCUT2D eigenvalue weighted by Crippen LogP contribution is 2.30. The Labute approximate surface area is 193 Å². The number of nitrogens with zero attached hydrogens (tertiary/aromatic N) is 2. The largest absolute Gasteiger partial charge is 0.481 e. The highest BCUT2D eigenvalue weighted by atomic mass is 19.1. The van der Waals surface area contributed by atoms with E-state index in [9.17, 15) is 4.79 Å². The summed E-state index contributed by atoms with van der Waals surface area (Å²) in [5.74, 6) is -0.0883. The van der Waals surface area contributed by atoms with Crippen molar-refractivity contribution in [2.75, 3.05) is 0 Å². The molecule has 7 heteroatoms. The summed E-state index contributed by atoms with van der Waals surface area (Å²) in [6, 6.07) is 9.51. The van der Waals surface area contributed by atoms with Crippen LogP contribution >= 0.6 is 0 Å². The van der Waals surface area contributed by atoms with Crippen LogP contribution in [0.2, 0.25) is 0 Å². The molecule has 0 amide bonds. The molecule has 2 heterocycles. The fourth-order valence-electron chi connectivity index (χ4n) is 5.24. The Hall–Kier alpha value is -2.96. The molecule has 2 aromatic rings. The van der Waals surface area contributed by atoms with Crippen molar-refractivity contribution in [3.63, 3.8) is 0 Å². The number of ether oxygens (including phenoxy) is 1. The van der Waals surface area contributed by atoms with Gasteiger partial charge in [0, 0.05) is 23.9 Å². The van der Waals surface area contributed by atoms with Gasteiger partial charge < -0.3 is 15.2 Å². The number of fused-ring (bicyclic) bond motifs is 1. The number of rotatable bonds is 5. The predicted octanol–water partition coefficient (Wildman–Crippen LogP) is 4.96. The van der Waals surface area contributed by atoms with Crippen LogP contribution in [0.5, 0.6) is 5.88 Å². The van der Waals surface area contributed by atoms with Crippen molar-refractivity contribution >= 4 is 11.8 Å². The minimum atomic E-state index is -0.723. The van der Waals surface area contributed by atoms with Crippen molar-refractivity contribution in [1.82, 2.24) is 10.3 Å². The first-order valence-corrected chi connectivity index (χ1v) is 12.1. The summed E-state index contributed by atoms with van der Waals surface area (Å²) in [6.07, 6.45) is 10.2. The molecule has 6 nitrogen and oxygen atoms in total. The third-order valence-corrected chi connectivity index (χ3v) is 7.20. The van der Waals surface area contributed by atoms with Gasteiger partial charge in [-0.25, -0.2) is 9.37 Å². The lowest BCUT2D eigenvalue weighted by Crippen LogP contribution is -2.34. The number of aliphatic carboxylic acids is 1. The summed E-state index contributed by atoms with van der Waals surface area (Å²) in [5, 5.41) is 12.6. The Bertz CT molecular complexity index is 1030. The van der Waals surface area contributed by atoms with Gasteiger partial charge in [0.25, 0.3) is 0 Å². The van der Waals surface area contributed by atoms with E-state index in [1.165, 1.54) is 19.3 Å². The summed E-state index contributed by atoms with van der Waals surface area (Å²) in [4.78, 5) is 20.3. The average molecular weight is 452 g/mol. The van der Waals surface area contributed by atoms with E-state index in [-0.39, 0.29) is 23.9 Å². The van der Waals surface area contributed by atoms with Gasteiger partial charge in [-0.1, -0.05) is 25.3 Å². The highest BCUT2D eigenvalue weighted by molar-refractivity contribution is 6.01. The second kappa shape index (κ2) is 9.49. The maximum Gasteiger partial charge on any atom is 0.306 e. The molecule has 2 saturated carbocycles. The van der Waals surface area contributed by atoms with Crippen LogP contribution < -0.4 is 10.1 Å². The van der Waals surface area contributed by atoms with Gasteiger partial charge in [-0.15, -0.1) is 0 Å². The minimum Gasteiger partial charge on any atom is -0.481 e. The third kappa shape index (κ3) is 4.87. The Morgan fingerprint density at radius 1 is 1.00 bits per heavy atom.